The lowest BCUT2D eigenvalue weighted by atomic mass is 9.48. The molecule has 4 bridgehead atoms. The van der Waals surface area contributed by atoms with Gasteiger partial charge in [-0.05, 0) is 50.4 Å². The molecule has 4 rings (SSSR count). The van der Waals surface area contributed by atoms with Crippen molar-refractivity contribution in [2.45, 2.75) is 44.1 Å². The molecule has 2 unspecified atom stereocenters. The summed E-state index contributed by atoms with van der Waals surface area (Å²) in [5, 5.41) is 0. The first-order chi connectivity index (χ1) is 9.61. The van der Waals surface area contributed by atoms with E-state index in [0.29, 0.717) is 24.9 Å². The molecule has 0 amide bonds. The fourth-order valence-corrected chi connectivity index (χ4v) is 5.16. The first kappa shape index (κ1) is 13.9. The number of rotatable bonds is 6. The van der Waals surface area contributed by atoms with Crippen LogP contribution in [0, 0.1) is 17.3 Å². The van der Waals surface area contributed by atoms with Crippen molar-refractivity contribution in [1.29, 1.82) is 0 Å². The van der Waals surface area contributed by atoms with Gasteiger partial charge in [0.05, 0.1) is 24.7 Å². The molecule has 0 aliphatic heterocycles. The molecular formula is C15H22O5. The minimum absolute atomic E-state index is 0.0660. The average Bonchev–Trinajstić information content (AvgIpc) is 2.41. The zero-order valence-electron chi connectivity index (χ0n) is 11.9. The zero-order chi connectivity index (χ0) is 14.2. The van der Waals surface area contributed by atoms with Gasteiger partial charge in [0.25, 0.3) is 6.47 Å². The monoisotopic (exact) mass is 282 g/mol. The Balaban J connectivity index is 1.73. The topological polar surface area (TPSA) is 61.8 Å². The molecule has 0 heterocycles. The highest BCUT2D eigenvalue weighted by molar-refractivity contribution is 5.77. The van der Waals surface area contributed by atoms with Gasteiger partial charge in [-0.2, -0.15) is 0 Å². The SMILES string of the molecule is COC(=O)C12CC3CC(CC(OCCOC=O)(C3)C1)C2. The lowest BCUT2D eigenvalue weighted by molar-refractivity contribution is -0.210. The first-order valence-electron chi connectivity index (χ1n) is 7.39. The molecule has 0 N–H and O–H groups in total. The number of methoxy groups -OCH3 is 1. The molecule has 0 spiro atoms. The zero-order valence-corrected chi connectivity index (χ0v) is 11.9. The largest absolute Gasteiger partial charge is 0.469 e. The molecule has 5 nitrogen and oxygen atoms in total. The summed E-state index contributed by atoms with van der Waals surface area (Å²) in [6.07, 6.45) is 5.94. The molecule has 5 heteroatoms. The summed E-state index contributed by atoms with van der Waals surface area (Å²) in [6.45, 7) is 1.14. The van der Waals surface area contributed by atoms with E-state index >= 15 is 0 Å². The van der Waals surface area contributed by atoms with Gasteiger partial charge in [-0.1, -0.05) is 0 Å². The second kappa shape index (κ2) is 5.02. The molecule has 0 radical (unpaired) electrons. The molecule has 4 aliphatic carbocycles. The van der Waals surface area contributed by atoms with Gasteiger partial charge in [0, 0.05) is 0 Å². The van der Waals surface area contributed by atoms with Gasteiger partial charge in [-0.15, -0.1) is 0 Å². The molecule has 2 atom stereocenters. The standard InChI is InChI=1S/C15H22O5/c1-18-13(17)14-5-11-4-12(6-14)8-15(7-11,9-14)20-3-2-19-10-16/h10-12H,2-9H2,1H3. The number of esters is 1. The van der Waals surface area contributed by atoms with Gasteiger partial charge in [0.1, 0.15) is 6.61 Å². The number of carbonyl (C=O) groups excluding carboxylic acids is 2. The maximum Gasteiger partial charge on any atom is 0.311 e. The predicted molar refractivity (Wildman–Crippen MR) is 69.8 cm³/mol. The van der Waals surface area contributed by atoms with Crippen molar-refractivity contribution >= 4 is 12.4 Å². The number of hydrogen-bond acceptors (Lipinski definition) is 5. The van der Waals surface area contributed by atoms with Crippen molar-refractivity contribution in [3.8, 4) is 0 Å². The fraction of sp³-hybridized carbons (Fsp3) is 0.867. The Morgan fingerprint density at radius 2 is 1.90 bits per heavy atom. The summed E-state index contributed by atoms with van der Waals surface area (Å²) in [5.41, 5.74) is -0.533. The molecular weight excluding hydrogens is 260 g/mol. The van der Waals surface area contributed by atoms with Crippen molar-refractivity contribution in [2.24, 2.45) is 17.3 Å². The normalized spacial score (nSPS) is 41.5. The molecule has 0 aromatic heterocycles. The van der Waals surface area contributed by atoms with Crippen LogP contribution in [0.25, 0.3) is 0 Å². The molecule has 4 fully saturated rings. The third-order valence-electron chi connectivity index (χ3n) is 5.30. The first-order valence-corrected chi connectivity index (χ1v) is 7.39. The summed E-state index contributed by atoms with van der Waals surface area (Å²) in [7, 11) is 1.48. The van der Waals surface area contributed by atoms with Gasteiger partial charge in [0.15, 0.2) is 0 Å². The van der Waals surface area contributed by atoms with E-state index in [1.807, 2.05) is 0 Å². The second-order valence-corrected chi connectivity index (χ2v) is 6.73. The van der Waals surface area contributed by atoms with Crippen LogP contribution in [-0.4, -0.2) is 38.4 Å². The van der Waals surface area contributed by atoms with Crippen LogP contribution in [0.4, 0.5) is 0 Å². The van der Waals surface area contributed by atoms with Crippen LogP contribution in [0.15, 0.2) is 0 Å². The van der Waals surface area contributed by atoms with E-state index in [0.717, 1.165) is 32.1 Å². The summed E-state index contributed by atoms with van der Waals surface area (Å²) in [6, 6.07) is 0. The van der Waals surface area contributed by atoms with Crippen molar-refractivity contribution in [2.75, 3.05) is 20.3 Å². The molecule has 0 aromatic rings. The highest BCUT2D eigenvalue weighted by Crippen LogP contribution is 2.63. The Labute approximate surface area is 118 Å². The number of hydrogen-bond donors (Lipinski definition) is 0. The summed E-state index contributed by atoms with van der Waals surface area (Å²) in [4.78, 5) is 22.4. The van der Waals surface area contributed by atoms with Gasteiger partial charge in [-0.3, -0.25) is 9.59 Å². The fourth-order valence-electron chi connectivity index (χ4n) is 5.16. The number of ether oxygens (including phenoxy) is 3. The third kappa shape index (κ3) is 2.22. The van der Waals surface area contributed by atoms with E-state index in [-0.39, 0.29) is 23.6 Å². The Bertz CT molecular complexity index is 391. The Hall–Kier alpha value is -1.10. The smallest absolute Gasteiger partial charge is 0.311 e. The lowest BCUT2D eigenvalue weighted by Gasteiger charge is -2.60. The van der Waals surface area contributed by atoms with Crippen molar-refractivity contribution in [3.05, 3.63) is 0 Å². The Kier molecular flexibility index (Phi) is 3.48. The molecule has 112 valence electrons. The van der Waals surface area contributed by atoms with Gasteiger partial charge in [-0.25, -0.2) is 0 Å². The van der Waals surface area contributed by atoms with E-state index in [4.69, 9.17) is 14.2 Å². The second-order valence-electron chi connectivity index (χ2n) is 6.73. The van der Waals surface area contributed by atoms with Crippen molar-refractivity contribution < 1.29 is 23.8 Å². The third-order valence-corrected chi connectivity index (χ3v) is 5.30. The Morgan fingerprint density at radius 1 is 1.20 bits per heavy atom. The van der Waals surface area contributed by atoms with Crippen LogP contribution >= 0.6 is 0 Å². The van der Waals surface area contributed by atoms with E-state index in [1.165, 1.54) is 13.5 Å². The van der Waals surface area contributed by atoms with E-state index < -0.39 is 0 Å². The van der Waals surface area contributed by atoms with Crippen molar-refractivity contribution in [1.82, 2.24) is 0 Å². The molecule has 4 aliphatic rings. The lowest BCUT2D eigenvalue weighted by Crippen LogP contribution is -2.59. The van der Waals surface area contributed by atoms with E-state index in [2.05, 4.69) is 0 Å². The molecule has 20 heavy (non-hydrogen) atoms. The number of carbonyl (C=O) groups is 2. The van der Waals surface area contributed by atoms with Crippen LogP contribution in [-0.2, 0) is 23.8 Å². The van der Waals surface area contributed by atoms with Crippen LogP contribution in [0.2, 0.25) is 0 Å². The minimum Gasteiger partial charge on any atom is -0.469 e. The van der Waals surface area contributed by atoms with Crippen LogP contribution in [0.3, 0.4) is 0 Å². The highest BCUT2D eigenvalue weighted by Gasteiger charge is 2.61. The summed E-state index contributed by atoms with van der Waals surface area (Å²) >= 11 is 0. The van der Waals surface area contributed by atoms with Crippen LogP contribution < -0.4 is 0 Å². The van der Waals surface area contributed by atoms with Crippen LogP contribution in [0.1, 0.15) is 38.5 Å². The van der Waals surface area contributed by atoms with Crippen molar-refractivity contribution in [3.63, 3.8) is 0 Å². The average molecular weight is 282 g/mol. The highest BCUT2D eigenvalue weighted by atomic mass is 16.6. The van der Waals surface area contributed by atoms with Gasteiger partial charge < -0.3 is 14.2 Å². The minimum atomic E-state index is -0.329. The quantitative estimate of drug-likeness (QED) is 0.421. The molecule has 0 saturated heterocycles. The van der Waals surface area contributed by atoms with E-state index in [1.54, 1.807) is 0 Å². The maximum absolute atomic E-state index is 12.2. The Morgan fingerprint density at radius 3 is 2.50 bits per heavy atom. The van der Waals surface area contributed by atoms with Gasteiger partial charge >= 0.3 is 5.97 Å². The molecule has 0 aromatic carbocycles. The summed E-state index contributed by atoms with van der Waals surface area (Å²) in [5.74, 6) is 1.08. The maximum atomic E-state index is 12.2. The summed E-state index contributed by atoms with van der Waals surface area (Å²) < 4.78 is 15.8. The predicted octanol–water partition coefficient (Wildman–Crippen LogP) is 1.69. The van der Waals surface area contributed by atoms with Crippen LogP contribution in [0.5, 0.6) is 0 Å². The molecule has 4 saturated carbocycles. The van der Waals surface area contributed by atoms with E-state index in [9.17, 15) is 9.59 Å². The van der Waals surface area contributed by atoms with Gasteiger partial charge in [0.2, 0.25) is 0 Å².